The maximum Gasteiger partial charge on any atom is 0.258 e. The number of methoxy groups -OCH3 is 1. The number of para-hydroxylation sites is 1. The van der Waals surface area contributed by atoms with Gasteiger partial charge in [0, 0.05) is 12.6 Å². The first kappa shape index (κ1) is 16.8. The van der Waals surface area contributed by atoms with Gasteiger partial charge >= 0.3 is 0 Å². The van der Waals surface area contributed by atoms with Gasteiger partial charge in [-0.2, -0.15) is 0 Å². The predicted molar refractivity (Wildman–Crippen MR) is 91.6 cm³/mol. The van der Waals surface area contributed by atoms with Crippen molar-refractivity contribution >= 4 is 17.5 Å². The summed E-state index contributed by atoms with van der Waals surface area (Å²) in [7, 11) is 1.52. The zero-order valence-corrected chi connectivity index (χ0v) is 13.8. The van der Waals surface area contributed by atoms with Gasteiger partial charge in [0.1, 0.15) is 11.8 Å². The Hall–Kier alpha value is -3.09. The van der Waals surface area contributed by atoms with Crippen molar-refractivity contribution in [2.45, 2.75) is 18.9 Å². The molecule has 3 rings (SSSR count). The number of amides is 2. The fraction of sp³-hybridized carbons (Fsp3) is 0.278. The highest BCUT2D eigenvalue weighted by molar-refractivity contribution is 6.02. The van der Waals surface area contributed by atoms with Gasteiger partial charge in [0.2, 0.25) is 11.8 Å². The van der Waals surface area contributed by atoms with E-state index in [1.165, 1.54) is 24.3 Å². The molecule has 1 aromatic carbocycles. The molecule has 0 aliphatic carbocycles. The van der Waals surface area contributed by atoms with Gasteiger partial charge in [-0.25, -0.2) is 4.98 Å². The molecule has 25 heavy (non-hydrogen) atoms. The number of phenols is 1. The number of aromatic hydroxyl groups is 1. The maximum atomic E-state index is 12.7. The molecule has 1 fully saturated rings. The van der Waals surface area contributed by atoms with Crippen molar-refractivity contribution in [2.75, 3.05) is 19.0 Å². The third-order valence-electron chi connectivity index (χ3n) is 4.16. The van der Waals surface area contributed by atoms with Crippen LogP contribution in [0.2, 0.25) is 0 Å². The first-order chi connectivity index (χ1) is 12.1. The van der Waals surface area contributed by atoms with Gasteiger partial charge in [-0.05, 0) is 31.0 Å². The van der Waals surface area contributed by atoms with Crippen molar-refractivity contribution in [3.63, 3.8) is 0 Å². The molecule has 0 bridgehead atoms. The number of carbonyl (C=O) groups is 2. The van der Waals surface area contributed by atoms with Crippen LogP contribution in [-0.2, 0) is 4.79 Å². The van der Waals surface area contributed by atoms with Crippen molar-refractivity contribution in [2.24, 2.45) is 0 Å². The van der Waals surface area contributed by atoms with Gasteiger partial charge in [-0.1, -0.05) is 12.1 Å². The predicted octanol–water partition coefficient (Wildman–Crippen LogP) is 2.04. The molecule has 1 aromatic heterocycles. The molecule has 0 spiro atoms. The third-order valence-corrected chi connectivity index (χ3v) is 4.16. The number of carbonyl (C=O) groups excluding carboxylic acids is 2. The number of hydrogen-bond donors (Lipinski definition) is 2. The minimum Gasteiger partial charge on any atom is -0.507 e. The maximum absolute atomic E-state index is 12.7. The lowest BCUT2D eigenvalue weighted by atomic mass is 10.1. The number of phenolic OH excluding ortho intramolecular Hbond substituents is 1. The van der Waals surface area contributed by atoms with Crippen molar-refractivity contribution < 1.29 is 19.4 Å². The van der Waals surface area contributed by atoms with E-state index in [0.717, 1.165) is 6.42 Å². The first-order valence-corrected chi connectivity index (χ1v) is 8.00. The molecule has 7 nitrogen and oxygen atoms in total. The highest BCUT2D eigenvalue weighted by atomic mass is 16.5. The zero-order valence-electron chi connectivity index (χ0n) is 13.8. The Balaban J connectivity index is 1.73. The van der Waals surface area contributed by atoms with Crippen molar-refractivity contribution in [3.8, 4) is 11.6 Å². The number of benzene rings is 1. The van der Waals surface area contributed by atoms with Crippen LogP contribution in [0.15, 0.2) is 42.6 Å². The van der Waals surface area contributed by atoms with E-state index in [1.54, 1.807) is 30.3 Å². The van der Waals surface area contributed by atoms with Crippen LogP contribution in [-0.4, -0.2) is 46.5 Å². The Kier molecular flexibility index (Phi) is 4.83. The molecule has 0 unspecified atom stereocenters. The lowest BCUT2D eigenvalue weighted by Gasteiger charge is -2.24. The molecule has 0 radical (unpaired) electrons. The average molecular weight is 341 g/mol. The van der Waals surface area contributed by atoms with Gasteiger partial charge < -0.3 is 20.1 Å². The molecule has 2 aromatic rings. The lowest BCUT2D eigenvalue weighted by Crippen LogP contribution is -2.43. The highest BCUT2D eigenvalue weighted by Crippen LogP contribution is 2.25. The molecule has 1 saturated heterocycles. The number of ether oxygens (including phenoxy) is 1. The third kappa shape index (κ3) is 3.55. The Labute approximate surface area is 145 Å². The van der Waals surface area contributed by atoms with Crippen molar-refractivity contribution in [1.82, 2.24) is 9.88 Å². The van der Waals surface area contributed by atoms with Crippen LogP contribution in [0.4, 0.5) is 5.69 Å². The lowest BCUT2D eigenvalue weighted by molar-refractivity contribution is -0.119. The van der Waals surface area contributed by atoms with Gasteiger partial charge in [0.25, 0.3) is 5.91 Å². The summed E-state index contributed by atoms with van der Waals surface area (Å²) < 4.78 is 4.98. The van der Waals surface area contributed by atoms with Crippen LogP contribution in [0.25, 0.3) is 0 Å². The number of aromatic nitrogens is 1. The number of nitrogens with zero attached hydrogens (tertiary/aromatic N) is 2. The quantitative estimate of drug-likeness (QED) is 0.888. The molecular formula is C18H19N3O4. The summed E-state index contributed by atoms with van der Waals surface area (Å²) in [6.45, 7) is 0.478. The molecule has 1 aliphatic heterocycles. The number of pyridine rings is 1. The van der Waals surface area contributed by atoms with Crippen LogP contribution in [0.1, 0.15) is 23.2 Å². The van der Waals surface area contributed by atoms with Gasteiger partial charge in [0.05, 0.1) is 24.6 Å². The van der Waals surface area contributed by atoms with Crippen LogP contribution in [0.5, 0.6) is 11.6 Å². The van der Waals surface area contributed by atoms with Gasteiger partial charge in [-0.3, -0.25) is 9.59 Å². The highest BCUT2D eigenvalue weighted by Gasteiger charge is 2.35. The molecule has 1 atom stereocenters. The molecule has 2 heterocycles. The van der Waals surface area contributed by atoms with Crippen molar-refractivity contribution in [3.05, 3.63) is 48.2 Å². The molecule has 0 saturated carbocycles. The molecule has 7 heteroatoms. The van der Waals surface area contributed by atoms with E-state index in [-0.39, 0.29) is 23.1 Å². The largest absolute Gasteiger partial charge is 0.507 e. The summed E-state index contributed by atoms with van der Waals surface area (Å²) in [5.74, 6) is -0.245. The fourth-order valence-corrected chi connectivity index (χ4v) is 2.89. The van der Waals surface area contributed by atoms with E-state index in [9.17, 15) is 14.7 Å². The molecule has 1 aliphatic rings. The number of hydrogen-bond acceptors (Lipinski definition) is 5. The summed E-state index contributed by atoms with van der Waals surface area (Å²) in [6, 6.07) is 9.11. The summed E-state index contributed by atoms with van der Waals surface area (Å²) in [6.07, 6.45) is 2.81. The normalized spacial score (nSPS) is 16.5. The summed E-state index contributed by atoms with van der Waals surface area (Å²) >= 11 is 0. The van der Waals surface area contributed by atoms with E-state index in [4.69, 9.17) is 4.74 Å². The Morgan fingerprint density at radius 3 is 2.76 bits per heavy atom. The van der Waals surface area contributed by atoms with E-state index in [1.807, 2.05) is 0 Å². The van der Waals surface area contributed by atoms with Crippen LogP contribution in [0, 0.1) is 0 Å². The summed E-state index contributed by atoms with van der Waals surface area (Å²) in [5, 5.41) is 12.7. The number of likely N-dealkylation sites (tertiary alicyclic amines) is 1. The molecule has 130 valence electrons. The van der Waals surface area contributed by atoms with E-state index < -0.39 is 6.04 Å². The first-order valence-electron chi connectivity index (χ1n) is 8.00. The minimum absolute atomic E-state index is 0.0853. The topological polar surface area (TPSA) is 91.8 Å². The molecule has 2 amide bonds. The number of anilines is 1. The summed E-state index contributed by atoms with van der Waals surface area (Å²) in [4.78, 5) is 30.8. The van der Waals surface area contributed by atoms with E-state index in [2.05, 4.69) is 10.3 Å². The monoisotopic (exact) mass is 341 g/mol. The van der Waals surface area contributed by atoms with Gasteiger partial charge in [0.15, 0.2) is 0 Å². The molecular weight excluding hydrogens is 322 g/mol. The SMILES string of the molecule is COc1ccc(NC(=O)[C@@H]2CCCN2C(=O)c2ccccc2O)cn1. The van der Waals surface area contributed by atoms with Crippen molar-refractivity contribution in [1.29, 1.82) is 0 Å². The Morgan fingerprint density at radius 1 is 1.28 bits per heavy atom. The minimum atomic E-state index is -0.575. The zero-order chi connectivity index (χ0) is 17.8. The molecule has 2 N–H and O–H groups in total. The number of nitrogens with one attached hydrogen (secondary N) is 1. The second-order valence-corrected chi connectivity index (χ2v) is 5.75. The standard InChI is InChI=1S/C18H19N3O4/c1-25-16-9-8-12(11-19-16)20-17(23)14-6-4-10-21(14)18(24)13-5-2-3-7-15(13)22/h2-3,5,7-9,11,14,22H,4,6,10H2,1H3,(H,20,23)/t14-/m0/s1. The van der Waals surface area contributed by atoms with Crippen LogP contribution < -0.4 is 10.1 Å². The van der Waals surface area contributed by atoms with E-state index >= 15 is 0 Å². The fourth-order valence-electron chi connectivity index (χ4n) is 2.89. The second kappa shape index (κ2) is 7.21. The second-order valence-electron chi connectivity index (χ2n) is 5.75. The van der Waals surface area contributed by atoms with E-state index in [0.29, 0.717) is 24.5 Å². The van der Waals surface area contributed by atoms with Crippen LogP contribution in [0.3, 0.4) is 0 Å². The Bertz CT molecular complexity index is 776. The smallest absolute Gasteiger partial charge is 0.258 e. The number of rotatable bonds is 4. The van der Waals surface area contributed by atoms with Crippen LogP contribution >= 0.6 is 0 Å². The van der Waals surface area contributed by atoms with Gasteiger partial charge in [-0.15, -0.1) is 0 Å². The summed E-state index contributed by atoms with van der Waals surface area (Å²) in [5.41, 5.74) is 0.737. The average Bonchev–Trinajstić information content (AvgIpc) is 3.12. The Morgan fingerprint density at radius 2 is 2.08 bits per heavy atom.